The summed E-state index contributed by atoms with van der Waals surface area (Å²) in [5, 5.41) is 3.06. The van der Waals surface area contributed by atoms with Crippen molar-refractivity contribution in [1.82, 2.24) is 14.9 Å². The van der Waals surface area contributed by atoms with Gasteiger partial charge in [-0.15, -0.1) is 0 Å². The molecule has 2 aromatic rings. The Bertz CT molecular complexity index is 722. The third-order valence-corrected chi connectivity index (χ3v) is 4.43. The minimum Gasteiger partial charge on any atom is -0.334 e. The Kier molecular flexibility index (Phi) is 4.64. The minimum atomic E-state index is -3.68. The molecule has 114 valence electrons. The van der Waals surface area contributed by atoms with Crippen molar-refractivity contribution >= 4 is 15.7 Å². The average Bonchev–Trinajstić information content (AvgIpc) is 2.83. The molecule has 1 heterocycles. The third-order valence-electron chi connectivity index (χ3n) is 3.20. The van der Waals surface area contributed by atoms with Gasteiger partial charge in [0.2, 0.25) is 0 Å². The summed E-state index contributed by atoms with van der Waals surface area (Å²) in [6, 6.07) is 7.30. The van der Waals surface area contributed by atoms with E-state index in [-0.39, 0.29) is 5.03 Å². The second-order valence-electron chi connectivity index (χ2n) is 4.71. The first-order valence-corrected chi connectivity index (χ1v) is 8.25. The van der Waals surface area contributed by atoms with Gasteiger partial charge >= 0.3 is 0 Å². The summed E-state index contributed by atoms with van der Waals surface area (Å²) in [6.45, 7) is 5.00. The number of benzene rings is 1. The van der Waals surface area contributed by atoms with Gasteiger partial charge in [-0.2, -0.15) is 8.42 Å². The van der Waals surface area contributed by atoms with Crippen molar-refractivity contribution in [2.45, 2.75) is 32.0 Å². The van der Waals surface area contributed by atoms with Crippen LogP contribution in [0.5, 0.6) is 0 Å². The number of nitrogens with one attached hydrogen (secondary N) is 2. The highest BCUT2D eigenvalue weighted by atomic mass is 32.2. The number of anilines is 1. The lowest BCUT2D eigenvalue weighted by Crippen LogP contribution is -2.16. The zero-order chi connectivity index (χ0) is 15.5. The first-order chi connectivity index (χ1) is 9.97. The van der Waals surface area contributed by atoms with E-state index in [9.17, 15) is 8.42 Å². The fourth-order valence-electron chi connectivity index (χ4n) is 2.09. The summed E-state index contributed by atoms with van der Waals surface area (Å²) >= 11 is 0. The van der Waals surface area contributed by atoms with E-state index < -0.39 is 10.0 Å². The number of hydrogen-bond acceptors (Lipinski definition) is 4. The summed E-state index contributed by atoms with van der Waals surface area (Å²) < 4.78 is 29.3. The second kappa shape index (κ2) is 6.28. The van der Waals surface area contributed by atoms with Gasteiger partial charge in [0.05, 0.1) is 5.69 Å². The van der Waals surface area contributed by atoms with Gasteiger partial charge < -0.3 is 9.88 Å². The van der Waals surface area contributed by atoms with Crippen LogP contribution in [-0.4, -0.2) is 25.0 Å². The van der Waals surface area contributed by atoms with Crippen LogP contribution in [-0.2, 0) is 23.1 Å². The Hall–Kier alpha value is -1.86. The first kappa shape index (κ1) is 15.5. The zero-order valence-electron chi connectivity index (χ0n) is 12.4. The Labute approximate surface area is 125 Å². The molecule has 2 rings (SSSR count). The van der Waals surface area contributed by atoms with Crippen molar-refractivity contribution in [2.24, 2.45) is 0 Å². The van der Waals surface area contributed by atoms with Crippen molar-refractivity contribution in [3.05, 3.63) is 41.9 Å². The average molecular weight is 308 g/mol. The maximum Gasteiger partial charge on any atom is 0.280 e. The molecular formula is C14H20N4O2S. The Balaban J connectivity index is 2.33. The van der Waals surface area contributed by atoms with Gasteiger partial charge in [-0.1, -0.05) is 18.2 Å². The van der Waals surface area contributed by atoms with Gasteiger partial charge in [-0.3, -0.25) is 4.72 Å². The first-order valence-electron chi connectivity index (χ1n) is 6.77. The maximum absolute atomic E-state index is 12.4. The lowest BCUT2D eigenvalue weighted by atomic mass is 10.2. The van der Waals surface area contributed by atoms with E-state index in [1.165, 1.54) is 0 Å². The molecule has 2 N–H and O–H groups in total. The third kappa shape index (κ3) is 3.43. The minimum absolute atomic E-state index is 0.0427. The molecule has 0 fully saturated rings. The van der Waals surface area contributed by atoms with Crippen molar-refractivity contribution in [3.63, 3.8) is 0 Å². The topological polar surface area (TPSA) is 76.0 Å². The highest BCUT2D eigenvalue weighted by molar-refractivity contribution is 7.92. The molecule has 0 aliphatic rings. The van der Waals surface area contributed by atoms with Crippen molar-refractivity contribution in [2.75, 3.05) is 11.8 Å². The van der Waals surface area contributed by atoms with Gasteiger partial charge in [-0.25, -0.2) is 4.98 Å². The number of para-hydroxylation sites is 1. The molecule has 0 aliphatic heterocycles. The highest BCUT2D eigenvalue weighted by Gasteiger charge is 2.20. The number of hydrogen-bond donors (Lipinski definition) is 2. The summed E-state index contributed by atoms with van der Waals surface area (Å²) in [5.41, 5.74) is 1.45. The fourth-order valence-corrected chi connectivity index (χ4v) is 3.20. The molecule has 0 amide bonds. The number of nitrogens with zero attached hydrogens (tertiary/aromatic N) is 2. The predicted octanol–water partition coefficient (Wildman–Crippen LogP) is 1.73. The Morgan fingerprint density at radius 3 is 2.62 bits per heavy atom. The molecule has 0 unspecified atom stereocenters. The summed E-state index contributed by atoms with van der Waals surface area (Å²) in [5.74, 6) is 0.682. The Morgan fingerprint density at radius 2 is 2.00 bits per heavy atom. The molecular weight excluding hydrogens is 288 g/mol. The van der Waals surface area contributed by atoms with Crippen LogP contribution in [0.15, 0.2) is 35.5 Å². The molecule has 6 nitrogen and oxygen atoms in total. The second-order valence-corrected chi connectivity index (χ2v) is 6.33. The van der Waals surface area contributed by atoms with E-state index in [1.54, 1.807) is 29.8 Å². The molecule has 21 heavy (non-hydrogen) atoms. The quantitative estimate of drug-likeness (QED) is 0.852. The van der Waals surface area contributed by atoms with Gasteiger partial charge in [0.1, 0.15) is 5.82 Å². The van der Waals surface area contributed by atoms with Crippen molar-refractivity contribution < 1.29 is 8.42 Å². The molecule has 0 saturated heterocycles. The van der Waals surface area contributed by atoms with Crippen LogP contribution in [0.1, 0.15) is 18.3 Å². The van der Waals surface area contributed by atoms with E-state index in [1.807, 2.05) is 26.1 Å². The van der Waals surface area contributed by atoms with E-state index in [0.29, 0.717) is 24.6 Å². The zero-order valence-corrected chi connectivity index (χ0v) is 13.2. The molecule has 7 heteroatoms. The molecule has 0 atom stereocenters. The number of rotatable bonds is 6. The van der Waals surface area contributed by atoms with Crippen LogP contribution < -0.4 is 10.0 Å². The van der Waals surface area contributed by atoms with E-state index in [2.05, 4.69) is 15.0 Å². The van der Waals surface area contributed by atoms with Crippen molar-refractivity contribution in [3.8, 4) is 0 Å². The number of imidazole rings is 1. The lowest BCUT2D eigenvalue weighted by Gasteiger charge is -2.11. The highest BCUT2D eigenvalue weighted by Crippen LogP contribution is 2.19. The number of aromatic nitrogens is 2. The van der Waals surface area contributed by atoms with E-state index in [4.69, 9.17) is 0 Å². The van der Waals surface area contributed by atoms with E-state index in [0.717, 1.165) is 5.56 Å². The predicted molar refractivity (Wildman–Crippen MR) is 82.7 cm³/mol. The molecule has 1 aromatic carbocycles. The molecule has 0 radical (unpaired) electrons. The normalized spacial score (nSPS) is 11.6. The molecule has 1 aromatic heterocycles. The van der Waals surface area contributed by atoms with Gasteiger partial charge in [-0.05, 0) is 32.5 Å². The van der Waals surface area contributed by atoms with Crippen LogP contribution in [0.25, 0.3) is 0 Å². The standard InChI is InChI=1S/C14H20N4O2S/c1-4-18-10-14(16-11(18)2)21(19,20)17-13-8-6-5-7-12(13)9-15-3/h5-8,10,15,17H,4,9H2,1-3H3. The summed E-state index contributed by atoms with van der Waals surface area (Å²) in [7, 11) is -1.86. The maximum atomic E-state index is 12.4. The fraction of sp³-hybridized carbons (Fsp3) is 0.357. The van der Waals surface area contributed by atoms with Crippen LogP contribution in [0.4, 0.5) is 5.69 Å². The largest absolute Gasteiger partial charge is 0.334 e. The summed E-state index contributed by atoms with van der Waals surface area (Å²) in [4.78, 5) is 4.12. The molecule has 0 aliphatic carbocycles. The van der Waals surface area contributed by atoms with Gasteiger partial charge in [0.25, 0.3) is 10.0 Å². The van der Waals surface area contributed by atoms with Crippen LogP contribution >= 0.6 is 0 Å². The van der Waals surface area contributed by atoms with Crippen LogP contribution in [0.2, 0.25) is 0 Å². The van der Waals surface area contributed by atoms with E-state index >= 15 is 0 Å². The Morgan fingerprint density at radius 1 is 1.29 bits per heavy atom. The monoisotopic (exact) mass is 308 g/mol. The van der Waals surface area contributed by atoms with Crippen molar-refractivity contribution in [1.29, 1.82) is 0 Å². The smallest absolute Gasteiger partial charge is 0.280 e. The summed E-state index contributed by atoms with van der Waals surface area (Å²) in [6.07, 6.45) is 1.55. The number of sulfonamides is 1. The SMILES string of the molecule is CCn1cc(S(=O)(=O)Nc2ccccc2CNC)nc1C. The van der Waals surface area contributed by atoms with Crippen LogP contribution in [0, 0.1) is 6.92 Å². The lowest BCUT2D eigenvalue weighted by molar-refractivity contribution is 0.597. The molecule has 0 spiro atoms. The molecule has 0 saturated carbocycles. The van der Waals surface area contributed by atoms with Gasteiger partial charge in [0, 0.05) is 19.3 Å². The van der Waals surface area contributed by atoms with Gasteiger partial charge in [0.15, 0.2) is 5.03 Å². The van der Waals surface area contributed by atoms with Crippen LogP contribution in [0.3, 0.4) is 0 Å². The molecule has 0 bridgehead atoms. The number of aryl methyl sites for hydroxylation is 2.